The van der Waals surface area contributed by atoms with Gasteiger partial charge in [-0.15, -0.1) is 0 Å². The standard InChI is InChI=1S/C20H22FNO3/c1-11-7-16-12(10-20(2,3)18(16)22-19(23)24)8-15(11)14-6-5-13(25-4)9-17(14)21/h5-9,18,22H,10H2,1-4H3,(H,23,24)/t18-/m0/s1. The fourth-order valence-electron chi connectivity index (χ4n) is 3.74. The van der Waals surface area contributed by atoms with Crippen LogP contribution in [-0.4, -0.2) is 18.3 Å². The second-order valence-electron chi connectivity index (χ2n) is 7.26. The summed E-state index contributed by atoms with van der Waals surface area (Å²) in [5.74, 6) is 0.145. The van der Waals surface area contributed by atoms with Crippen molar-refractivity contribution in [2.24, 2.45) is 5.41 Å². The smallest absolute Gasteiger partial charge is 0.405 e. The minimum Gasteiger partial charge on any atom is -0.497 e. The molecule has 0 saturated heterocycles. The van der Waals surface area contributed by atoms with Crippen LogP contribution in [0.3, 0.4) is 0 Å². The Labute approximate surface area is 146 Å². The highest BCUT2D eigenvalue weighted by atomic mass is 19.1. The first-order chi connectivity index (χ1) is 11.7. The molecule has 0 bridgehead atoms. The predicted octanol–water partition coefficient (Wildman–Crippen LogP) is 4.70. The van der Waals surface area contributed by atoms with Gasteiger partial charge in [0.2, 0.25) is 0 Å². The molecule has 0 aliphatic heterocycles. The highest BCUT2D eigenvalue weighted by Crippen LogP contribution is 2.47. The number of aryl methyl sites for hydroxylation is 1. The van der Waals surface area contributed by atoms with Crippen molar-refractivity contribution >= 4 is 6.09 Å². The van der Waals surface area contributed by atoms with Crippen LogP contribution in [0.4, 0.5) is 9.18 Å². The number of hydrogen-bond acceptors (Lipinski definition) is 2. The topological polar surface area (TPSA) is 58.6 Å². The van der Waals surface area contributed by atoms with E-state index in [9.17, 15) is 9.18 Å². The largest absolute Gasteiger partial charge is 0.497 e. The van der Waals surface area contributed by atoms with Crippen molar-refractivity contribution < 1.29 is 19.0 Å². The van der Waals surface area contributed by atoms with E-state index in [1.807, 2.05) is 32.9 Å². The number of nitrogens with one attached hydrogen (secondary N) is 1. The van der Waals surface area contributed by atoms with Gasteiger partial charge in [0.25, 0.3) is 0 Å². The van der Waals surface area contributed by atoms with E-state index >= 15 is 0 Å². The lowest BCUT2D eigenvalue weighted by atomic mass is 9.85. The molecule has 0 saturated carbocycles. The average molecular weight is 343 g/mol. The van der Waals surface area contributed by atoms with E-state index in [2.05, 4.69) is 5.32 Å². The summed E-state index contributed by atoms with van der Waals surface area (Å²) in [6.07, 6.45) is -0.299. The molecule has 0 fully saturated rings. The summed E-state index contributed by atoms with van der Waals surface area (Å²) >= 11 is 0. The highest BCUT2D eigenvalue weighted by Gasteiger charge is 2.40. The molecule has 0 spiro atoms. The maximum absolute atomic E-state index is 14.5. The highest BCUT2D eigenvalue weighted by molar-refractivity contribution is 5.72. The van der Waals surface area contributed by atoms with Gasteiger partial charge < -0.3 is 15.2 Å². The van der Waals surface area contributed by atoms with E-state index in [4.69, 9.17) is 9.84 Å². The van der Waals surface area contributed by atoms with Crippen LogP contribution < -0.4 is 10.1 Å². The van der Waals surface area contributed by atoms with Gasteiger partial charge in [-0.1, -0.05) is 26.0 Å². The molecule has 132 valence electrons. The fraction of sp³-hybridized carbons (Fsp3) is 0.350. The normalized spacial score (nSPS) is 17.9. The second-order valence-corrected chi connectivity index (χ2v) is 7.26. The predicted molar refractivity (Wildman–Crippen MR) is 94.5 cm³/mol. The van der Waals surface area contributed by atoms with Crippen molar-refractivity contribution in [3.63, 3.8) is 0 Å². The van der Waals surface area contributed by atoms with Crippen LogP contribution in [0.25, 0.3) is 11.1 Å². The van der Waals surface area contributed by atoms with Crippen LogP contribution >= 0.6 is 0 Å². The summed E-state index contributed by atoms with van der Waals surface area (Å²) in [7, 11) is 1.51. The number of halogens is 1. The first kappa shape index (κ1) is 17.3. The molecule has 1 atom stereocenters. The number of ether oxygens (including phenoxy) is 1. The number of fused-ring (bicyclic) bond motifs is 1. The van der Waals surface area contributed by atoms with Crippen molar-refractivity contribution in [3.8, 4) is 16.9 Å². The lowest BCUT2D eigenvalue weighted by Crippen LogP contribution is -2.34. The van der Waals surface area contributed by atoms with Gasteiger partial charge in [-0.2, -0.15) is 0 Å². The van der Waals surface area contributed by atoms with Crippen molar-refractivity contribution in [3.05, 3.63) is 52.8 Å². The number of benzene rings is 2. The number of hydrogen-bond donors (Lipinski definition) is 2. The van der Waals surface area contributed by atoms with Gasteiger partial charge in [0.1, 0.15) is 11.6 Å². The van der Waals surface area contributed by atoms with Crippen LogP contribution in [0, 0.1) is 18.2 Å². The zero-order valence-electron chi connectivity index (χ0n) is 14.8. The van der Waals surface area contributed by atoms with Gasteiger partial charge in [0.15, 0.2) is 0 Å². The molecular formula is C20H22FNO3. The van der Waals surface area contributed by atoms with E-state index in [0.29, 0.717) is 11.3 Å². The maximum Gasteiger partial charge on any atom is 0.405 e. The number of amides is 1. The van der Waals surface area contributed by atoms with E-state index < -0.39 is 6.09 Å². The molecule has 2 aromatic rings. The lowest BCUT2D eigenvalue weighted by molar-refractivity contribution is 0.175. The monoisotopic (exact) mass is 343 g/mol. The Morgan fingerprint density at radius 2 is 2.00 bits per heavy atom. The molecule has 0 heterocycles. The van der Waals surface area contributed by atoms with E-state index in [-0.39, 0.29) is 17.3 Å². The van der Waals surface area contributed by atoms with Crippen molar-refractivity contribution in [2.45, 2.75) is 33.2 Å². The van der Waals surface area contributed by atoms with Gasteiger partial charge in [0, 0.05) is 11.6 Å². The third-order valence-corrected chi connectivity index (χ3v) is 4.96. The molecule has 3 rings (SSSR count). The molecular weight excluding hydrogens is 321 g/mol. The number of carbonyl (C=O) groups is 1. The van der Waals surface area contributed by atoms with Crippen LogP contribution in [0.5, 0.6) is 5.75 Å². The van der Waals surface area contributed by atoms with Crippen molar-refractivity contribution in [1.29, 1.82) is 0 Å². The Bertz CT molecular complexity index is 845. The third kappa shape index (κ3) is 3.06. The number of carboxylic acid groups (broad SMARTS) is 1. The first-order valence-corrected chi connectivity index (χ1v) is 8.19. The second kappa shape index (κ2) is 6.06. The summed E-state index contributed by atoms with van der Waals surface area (Å²) < 4.78 is 19.5. The van der Waals surface area contributed by atoms with Crippen LogP contribution in [0.15, 0.2) is 30.3 Å². The molecule has 25 heavy (non-hydrogen) atoms. The number of rotatable bonds is 3. The Morgan fingerprint density at radius 3 is 2.60 bits per heavy atom. The summed E-state index contributed by atoms with van der Waals surface area (Å²) in [5.41, 5.74) is 4.06. The summed E-state index contributed by atoms with van der Waals surface area (Å²) in [4.78, 5) is 11.2. The zero-order chi connectivity index (χ0) is 18.4. The molecule has 0 radical (unpaired) electrons. The van der Waals surface area contributed by atoms with Gasteiger partial charge in [-0.25, -0.2) is 9.18 Å². The first-order valence-electron chi connectivity index (χ1n) is 8.19. The number of methoxy groups -OCH3 is 1. The molecule has 0 aromatic heterocycles. The Balaban J connectivity index is 2.08. The van der Waals surface area contributed by atoms with Gasteiger partial charge in [0.05, 0.1) is 13.2 Å². The molecule has 1 aliphatic rings. The molecule has 2 aromatic carbocycles. The summed E-state index contributed by atoms with van der Waals surface area (Å²) in [5, 5.41) is 11.8. The average Bonchev–Trinajstić information content (AvgIpc) is 2.76. The molecule has 0 unspecified atom stereocenters. The van der Waals surface area contributed by atoms with E-state index in [0.717, 1.165) is 28.7 Å². The Kier molecular flexibility index (Phi) is 4.19. The molecule has 2 N–H and O–H groups in total. The third-order valence-electron chi connectivity index (χ3n) is 4.96. The molecule has 1 aliphatic carbocycles. The fourth-order valence-corrected chi connectivity index (χ4v) is 3.74. The van der Waals surface area contributed by atoms with Gasteiger partial charge in [-0.05, 0) is 53.1 Å². The van der Waals surface area contributed by atoms with Gasteiger partial charge in [-0.3, -0.25) is 0 Å². The molecule has 4 nitrogen and oxygen atoms in total. The summed E-state index contributed by atoms with van der Waals surface area (Å²) in [6, 6.07) is 8.53. The molecule has 1 amide bonds. The Hall–Kier alpha value is -2.56. The Morgan fingerprint density at radius 1 is 1.28 bits per heavy atom. The van der Waals surface area contributed by atoms with Crippen LogP contribution in [0.2, 0.25) is 0 Å². The van der Waals surface area contributed by atoms with Crippen LogP contribution in [-0.2, 0) is 6.42 Å². The lowest BCUT2D eigenvalue weighted by Gasteiger charge is -2.27. The quantitative estimate of drug-likeness (QED) is 0.849. The minimum absolute atomic E-state index is 0.232. The van der Waals surface area contributed by atoms with Gasteiger partial charge >= 0.3 is 6.09 Å². The summed E-state index contributed by atoms with van der Waals surface area (Å²) in [6.45, 7) is 6.00. The van der Waals surface area contributed by atoms with Crippen molar-refractivity contribution in [2.75, 3.05) is 7.11 Å². The SMILES string of the molecule is COc1ccc(-c2cc3c(cc2C)[C@H](NC(=O)O)C(C)(C)C3)c(F)c1. The zero-order valence-corrected chi connectivity index (χ0v) is 14.8. The van der Waals surface area contributed by atoms with Crippen LogP contribution in [0.1, 0.15) is 36.6 Å². The maximum atomic E-state index is 14.5. The molecule has 5 heteroatoms. The minimum atomic E-state index is -1.03. The van der Waals surface area contributed by atoms with E-state index in [1.165, 1.54) is 13.2 Å². The van der Waals surface area contributed by atoms with Crippen molar-refractivity contribution in [1.82, 2.24) is 5.32 Å². The van der Waals surface area contributed by atoms with E-state index in [1.54, 1.807) is 12.1 Å².